The van der Waals surface area contributed by atoms with Crippen molar-refractivity contribution < 1.29 is 14.3 Å². The number of hydrogen-bond donors (Lipinski definition) is 4. The maximum Gasteiger partial charge on any atom is 0.324 e. The van der Waals surface area contributed by atoms with E-state index in [1.807, 2.05) is 56.3 Å². The second-order valence-electron chi connectivity index (χ2n) is 13.2. The van der Waals surface area contributed by atoms with Crippen molar-refractivity contribution in [1.29, 1.82) is 0 Å². The van der Waals surface area contributed by atoms with Crippen LogP contribution in [0.2, 0.25) is 15.1 Å². The first-order chi connectivity index (χ1) is 26.6. The number of benzene rings is 2. The number of pyridine rings is 2. The molecule has 0 saturated carbocycles. The maximum absolute atomic E-state index is 12.8. The number of rotatable bonds is 5. The smallest absolute Gasteiger partial charge is 0.324 e. The number of nitrogens with zero attached hydrogens (tertiary/aromatic N) is 8. The largest absolute Gasteiger partial charge is 0.497 e. The molecule has 0 radical (unpaired) electrons. The third-order valence-corrected chi connectivity index (χ3v) is 10.3. The Kier molecular flexibility index (Phi) is 11.3. The number of hydrogen-bond acceptors (Lipinski definition) is 9. The lowest BCUT2D eigenvalue weighted by atomic mass is 10.2. The first-order valence-electron chi connectivity index (χ1n) is 17.6. The number of carbonyl (C=O) groups excluding carboxylic acids is 2. The fourth-order valence-corrected chi connectivity index (χ4v) is 7.34. The van der Waals surface area contributed by atoms with Crippen molar-refractivity contribution in [1.82, 2.24) is 39.7 Å². The molecule has 0 aliphatic carbocycles. The average molecular weight is 806 g/mol. The van der Waals surface area contributed by atoms with Gasteiger partial charge in [0.25, 0.3) is 0 Å². The quantitative estimate of drug-likeness (QED) is 0.139. The van der Waals surface area contributed by atoms with E-state index in [0.29, 0.717) is 66.2 Å². The maximum atomic E-state index is 12.8. The number of H-pyrrole nitrogens is 2. The van der Waals surface area contributed by atoms with Crippen molar-refractivity contribution in [2.45, 2.75) is 25.9 Å². The molecule has 2 saturated heterocycles. The number of fused-ring (bicyclic) bond motifs is 2. The molecule has 0 bridgehead atoms. The number of nitrogens with one attached hydrogen (secondary N) is 4. The summed E-state index contributed by atoms with van der Waals surface area (Å²) in [5.74, 6) is 3.05. The Bertz CT molecular complexity index is 2320. The van der Waals surface area contributed by atoms with Gasteiger partial charge in [-0.1, -0.05) is 34.8 Å². The van der Waals surface area contributed by atoms with Crippen LogP contribution in [0.3, 0.4) is 0 Å². The number of aromatic amines is 2. The van der Waals surface area contributed by atoms with Gasteiger partial charge in [0.1, 0.15) is 17.4 Å². The number of aromatic nitrogens is 6. The van der Waals surface area contributed by atoms with Crippen LogP contribution in [0.4, 0.5) is 33.1 Å². The van der Waals surface area contributed by atoms with Gasteiger partial charge in [0.05, 0.1) is 39.2 Å². The second-order valence-corrected chi connectivity index (χ2v) is 14.4. The molecule has 0 spiro atoms. The predicted molar refractivity (Wildman–Crippen MR) is 217 cm³/mol. The van der Waals surface area contributed by atoms with Gasteiger partial charge < -0.3 is 34.3 Å². The molecule has 18 heteroatoms. The lowest BCUT2D eigenvalue weighted by Gasteiger charge is -2.40. The number of piperazine rings is 2. The highest BCUT2D eigenvalue weighted by atomic mass is 35.5. The van der Waals surface area contributed by atoms with Crippen LogP contribution in [0.5, 0.6) is 5.75 Å². The molecule has 2 aliphatic heterocycles. The minimum absolute atomic E-state index is 0.00343. The third kappa shape index (κ3) is 8.58. The van der Waals surface area contributed by atoms with Gasteiger partial charge in [-0.25, -0.2) is 29.5 Å². The van der Waals surface area contributed by atoms with E-state index in [9.17, 15) is 9.59 Å². The number of ether oxygens (including phenoxy) is 1. The van der Waals surface area contributed by atoms with Crippen molar-refractivity contribution in [3.63, 3.8) is 0 Å². The number of carbonyl (C=O) groups is 2. The van der Waals surface area contributed by atoms with E-state index in [4.69, 9.17) is 39.5 Å². The molecule has 0 unspecified atom stereocenters. The summed E-state index contributed by atoms with van der Waals surface area (Å²) in [5.41, 5.74) is 3.09. The van der Waals surface area contributed by atoms with Crippen LogP contribution in [-0.2, 0) is 0 Å². The van der Waals surface area contributed by atoms with E-state index in [-0.39, 0.29) is 24.1 Å². The summed E-state index contributed by atoms with van der Waals surface area (Å²) in [5, 5.41) is 7.53. The van der Waals surface area contributed by atoms with E-state index >= 15 is 0 Å². The van der Waals surface area contributed by atoms with Gasteiger partial charge in [0.15, 0.2) is 0 Å². The minimum atomic E-state index is -0.195. The van der Waals surface area contributed by atoms with Crippen LogP contribution < -0.4 is 25.2 Å². The molecule has 2 aliphatic rings. The van der Waals surface area contributed by atoms with Gasteiger partial charge >= 0.3 is 12.1 Å². The Balaban J connectivity index is 0.000000169. The summed E-state index contributed by atoms with van der Waals surface area (Å²) in [4.78, 5) is 56.9. The Morgan fingerprint density at radius 1 is 0.709 bits per heavy atom. The molecule has 4 amide bonds. The summed E-state index contributed by atoms with van der Waals surface area (Å²) in [6.07, 6.45) is 3.44. The average Bonchev–Trinajstić information content (AvgIpc) is 3.77. The molecule has 6 aromatic rings. The van der Waals surface area contributed by atoms with E-state index in [2.05, 4.69) is 50.3 Å². The Labute approximate surface area is 331 Å². The number of amides is 4. The molecule has 8 rings (SSSR count). The van der Waals surface area contributed by atoms with Gasteiger partial charge in [-0.2, -0.15) is 0 Å². The number of halogens is 3. The van der Waals surface area contributed by atoms with Crippen molar-refractivity contribution >= 4 is 92.5 Å². The van der Waals surface area contributed by atoms with Gasteiger partial charge in [0, 0.05) is 74.8 Å². The second kappa shape index (κ2) is 16.5. The van der Waals surface area contributed by atoms with E-state index in [0.717, 1.165) is 39.5 Å². The molecule has 2 fully saturated rings. The van der Waals surface area contributed by atoms with Crippen LogP contribution in [-0.4, -0.2) is 110 Å². The predicted octanol–water partition coefficient (Wildman–Crippen LogP) is 7.37. The molecular weight excluding hydrogens is 767 g/mol. The zero-order valence-electron chi connectivity index (χ0n) is 30.3. The first-order valence-corrected chi connectivity index (χ1v) is 18.7. The highest BCUT2D eigenvalue weighted by molar-refractivity contribution is 6.33. The Hall–Kier alpha value is -5.51. The minimum Gasteiger partial charge on any atom is -0.497 e. The molecule has 4 aromatic heterocycles. The number of urea groups is 2. The lowest BCUT2D eigenvalue weighted by molar-refractivity contribution is 0.184. The number of methoxy groups -OCH3 is 1. The van der Waals surface area contributed by atoms with Crippen LogP contribution in [0, 0.1) is 0 Å². The van der Waals surface area contributed by atoms with E-state index in [1.54, 1.807) is 47.5 Å². The van der Waals surface area contributed by atoms with Gasteiger partial charge in [-0.3, -0.25) is 10.6 Å². The molecule has 6 heterocycles. The van der Waals surface area contributed by atoms with Gasteiger partial charge in [-0.05, 0) is 68.4 Å². The van der Waals surface area contributed by atoms with Crippen molar-refractivity contribution in [3.05, 3.63) is 88.1 Å². The van der Waals surface area contributed by atoms with Crippen molar-refractivity contribution in [2.75, 3.05) is 66.8 Å². The molecule has 4 N–H and O–H groups in total. The monoisotopic (exact) mass is 804 g/mol. The van der Waals surface area contributed by atoms with Gasteiger partial charge in [0.2, 0.25) is 11.9 Å². The number of imidazole rings is 2. The molecular formula is C37H39Cl3N12O3. The third-order valence-electron chi connectivity index (χ3n) is 9.44. The molecule has 286 valence electrons. The Morgan fingerprint density at radius 3 is 1.67 bits per heavy atom. The summed E-state index contributed by atoms with van der Waals surface area (Å²) in [7, 11) is 1.61. The Morgan fingerprint density at radius 2 is 1.20 bits per heavy atom. The zero-order chi connectivity index (χ0) is 38.6. The SMILES string of the molecule is COc1ccc2nc(NC(=O)N3CCN(c4ncccc4Cl)C[C@H]3C)[nH]c2c1.C[C@@H]1CN(c2ncccc2Cl)CCN1C(=O)Nc1nc2ccc(Cl)cc2[nH]1. The number of anilines is 4. The van der Waals surface area contributed by atoms with Crippen LogP contribution in [0.1, 0.15) is 13.8 Å². The standard InChI is InChI=1S/C19H21ClN6O2.C18H18Cl2N6O/c1-12-11-25(17-14(20)4-3-7-21-17)8-9-26(12)19(27)24-18-22-15-6-5-13(28-2)10-16(15)23-18;1-11-10-25(16-13(20)3-2-6-21-16)7-8-26(11)18(27)24-17-22-14-5-4-12(19)9-15(14)23-17/h3-7,10,12H,8-9,11H2,1-2H3,(H2,22,23,24,27);2-6,9,11H,7-8,10H2,1H3,(H2,22,23,24,27)/t12-;11-/m11/s1. The lowest BCUT2D eigenvalue weighted by Crippen LogP contribution is -2.55. The van der Waals surface area contributed by atoms with E-state index < -0.39 is 0 Å². The van der Waals surface area contributed by atoms with Gasteiger partial charge in [-0.15, -0.1) is 0 Å². The van der Waals surface area contributed by atoms with Crippen molar-refractivity contribution in [3.8, 4) is 5.75 Å². The fourth-order valence-electron chi connectivity index (χ4n) is 6.69. The summed E-state index contributed by atoms with van der Waals surface area (Å²) < 4.78 is 5.21. The van der Waals surface area contributed by atoms with Crippen molar-refractivity contribution in [2.24, 2.45) is 0 Å². The first kappa shape index (κ1) is 37.8. The molecule has 2 aromatic carbocycles. The highest BCUT2D eigenvalue weighted by Crippen LogP contribution is 2.27. The summed E-state index contributed by atoms with van der Waals surface area (Å²) in [6, 6.07) is 17.7. The zero-order valence-corrected chi connectivity index (χ0v) is 32.5. The normalized spacial score (nSPS) is 17.2. The van der Waals surface area contributed by atoms with Crippen LogP contribution >= 0.6 is 34.8 Å². The van der Waals surface area contributed by atoms with E-state index in [1.165, 1.54) is 0 Å². The fraction of sp³-hybridized carbons (Fsp3) is 0.297. The molecule has 55 heavy (non-hydrogen) atoms. The van der Waals surface area contributed by atoms with Crippen LogP contribution in [0.15, 0.2) is 73.1 Å². The molecule has 15 nitrogen and oxygen atoms in total. The van der Waals surface area contributed by atoms with Crippen LogP contribution in [0.25, 0.3) is 22.1 Å². The summed E-state index contributed by atoms with van der Waals surface area (Å²) in [6.45, 7) is 7.75. The molecule has 2 atom stereocenters. The summed E-state index contributed by atoms with van der Waals surface area (Å²) >= 11 is 18.5. The topological polar surface area (TPSA) is 164 Å². The highest BCUT2D eigenvalue weighted by Gasteiger charge is 2.31.